The first-order valence-corrected chi connectivity index (χ1v) is 15.3. The summed E-state index contributed by atoms with van der Waals surface area (Å²) in [5.74, 6) is 0.951. The summed E-state index contributed by atoms with van der Waals surface area (Å²) < 4.78 is 4.74. The van der Waals surface area contributed by atoms with E-state index in [9.17, 15) is 0 Å². The smallest absolute Gasteiger partial charge is 0.145 e. The Kier molecular flexibility index (Phi) is 4.83. The van der Waals surface area contributed by atoms with Gasteiger partial charge in [-0.1, -0.05) is 92.7 Å². The Morgan fingerprint density at radius 2 is 1.38 bits per heavy atom. The number of hydrogen-bond donors (Lipinski definition) is 0. The van der Waals surface area contributed by atoms with Crippen molar-refractivity contribution >= 4 is 44.2 Å². The van der Waals surface area contributed by atoms with Crippen molar-refractivity contribution in [2.24, 2.45) is 0 Å². The summed E-state index contributed by atoms with van der Waals surface area (Å²) in [6, 6.07) is 43.7. The van der Waals surface area contributed by atoms with Gasteiger partial charge in [0.15, 0.2) is 0 Å². The van der Waals surface area contributed by atoms with Gasteiger partial charge in [-0.3, -0.25) is 4.57 Å². The normalized spacial score (nSPS) is 13.7. The van der Waals surface area contributed by atoms with Crippen molar-refractivity contribution in [2.75, 3.05) is 0 Å². The number of fused-ring (bicyclic) bond motifs is 6. The van der Waals surface area contributed by atoms with Crippen LogP contribution in [0.5, 0.6) is 0 Å². The Morgan fingerprint density at radius 3 is 2.24 bits per heavy atom. The zero-order valence-corrected chi connectivity index (χ0v) is 24.2. The van der Waals surface area contributed by atoms with Crippen LogP contribution in [-0.2, 0) is 5.41 Å². The van der Waals surface area contributed by atoms with E-state index in [0.717, 1.165) is 28.1 Å². The van der Waals surface area contributed by atoms with Crippen molar-refractivity contribution in [3.05, 3.63) is 137 Å². The third-order valence-corrected chi connectivity index (χ3v) is 10.2. The standard InChI is InChI=1S/C38H27N3S/c1-38(2)30-12-8-11-28-29-23-26(19-20-32(29)41(35(28)30)34-21-22-42-36(34)38)24-15-17-25(18-16-24)37-39-31-13-6-7-14-33(31)40(37)27-9-4-3-5-10-27/h3-23H,1-2H3. The average molecular weight is 558 g/mol. The molecular formula is C38H27N3S. The molecule has 42 heavy (non-hydrogen) atoms. The van der Waals surface area contributed by atoms with Gasteiger partial charge in [0, 0.05) is 32.3 Å². The van der Waals surface area contributed by atoms with Crippen LogP contribution < -0.4 is 0 Å². The van der Waals surface area contributed by atoms with Crippen LogP contribution in [0.4, 0.5) is 0 Å². The van der Waals surface area contributed by atoms with Crippen molar-refractivity contribution in [3.8, 4) is 33.9 Å². The van der Waals surface area contributed by atoms with Gasteiger partial charge in [-0.15, -0.1) is 11.3 Å². The van der Waals surface area contributed by atoms with E-state index in [-0.39, 0.29) is 5.41 Å². The van der Waals surface area contributed by atoms with Crippen LogP contribution in [-0.4, -0.2) is 14.1 Å². The second kappa shape index (κ2) is 8.54. The molecule has 3 nitrogen and oxygen atoms in total. The maximum Gasteiger partial charge on any atom is 0.145 e. The fraction of sp³-hybridized carbons (Fsp3) is 0.0789. The lowest BCUT2D eigenvalue weighted by molar-refractivity contribution is 0.646. The fourth-order valence-corrected chi connectivity index (χ4v) is 7.96. The molecule has 200 valence electrons. The third kappa shape index (κ3) is 3.18. The van der Waals surface area contributed by atoms with Crippen molar-refractivity contribution < 1.29 is 0 Å². The highest BCUT2D eigenvalue weighted by Crippen LogP contribution is 2.49. The lowest BCUT2D eigenvalue weighted by Gasteiger charge is -2.32. The Bertz CT molecular complexity index is 2310. The van der Waals surface area contributed by atoms with Crippen molar-refractivity contribution in [1.29, 1.82) is 0 Å². The van der Waals surface area contributed by atoms with E-state index >= 15 is 0 Å². The van der Waals surface area contributed by atoms with E-state index in [1.807, 2.05) is 11.3 Å². The molecule has 4 heterocycles. The summed E-state index contributed by atoms with van der Waals surface area (Å²) in [4.78, 5) is 6.48. The molecule has 0 unspecified atom stereocenters. The summed E-state index contributed by atoms with van der Waals surface area (Å²) in [6.45, 7) is 4.72. The van der Waals surface area contributed by atoms with Gasteiger partial charge in [0.2, 0.25) is 0 Å². The first-order chi connectivity index (χ1) is 20.6. The van der Waals surface area contributed by atoms with Gasteiger partial charge in [0.05, 0.1) is 27.8 Å². The zero-order chi connectivity index (χ0) is 28.0. The Labute approximate surface area is 247 Å². The number of thiophene rings is 1. The van der Waals surface area contributed by atoms with Crippen LogP contribution in [0.1, 0.15) is 24.3 Å². The van der Waals surface area contributed by atoms with Gasteiger partial charge in [-0.2, -0.15) is 0 Å². The van der Waals surface area contributed by atoms with E-state index in [1.165, 1.54) is 49.1 Å². The first kappa shape index (κ1) is 23.7. The molecule has 9 rings (SSSR count). The minimum atomic E-state index is -0.0116. The molecule has 0 amide bonds. The number of benzene rings is 5. The fourth-order valence-electron chi connectivity index (χ4n) is 6.94. The second-order valence-corrected chi connectivity index (χ2v) is 12.6. The molecule has 1 aliphatic rings. The van der Waals surface area contributed by atoms with Crippen LogP contribution in [0.25, 0.3) is 66.7 Å². The Hall–Kier alpha value is -4.93. The molecule has 1 aliphatic heterocycles. The number of para-hydroxylation sites is 4. The average Bonchev–Trinajstić information content (AvgIpc) is 3.75. The molecule has 3 aromatic heterocycles. The summed E-state index contributed by atoms with van der Waals surface area (Å²) in [5, 5.41) is 4.86. The summed E-state index contributed by atoms with van der Waals surface area (Å²) >= 11 is 1.86. The van der Waals surface area contributed by atoms with E-state index in [0.29, 0.717) is 0 Å². The van der Waals surface area contributed by atoms with Gasteiger partial charge >= 0.3 is 0 Å². The number of rotatable bonds is 3. The topological polar surface area (TPSA) is 22.8 Å². The Morgan fingerprint density at radius 1 is 0.619 bits per heavy atom. The highest BCUT2D eigenvalue weighted by Gasteiger charge is 2.36. The van der Waals surface area contributed by atoms with Gasteiger partial charge in [-0.25, -0.2) is 4.98 Å². The van der Waals surface area contributed by atoms with E-state index < -0.39 is 0 Å². The molecule has 0 saturated carbocycles. The van der Waals surface area contributed by atoms with Crippen LogP contribution >= 0.6 is 11.3 Å². The molecule has 0 saturated heterocycles. The minimum Gasteiger partial charge on any atom is -0.308 e. The van der Waals surface area contributed by atoms with Gasteiger partial charge < -0.3 is 4.57 Å². The molecule has 0 radical (unpaired) electrons. The number of hydrogen-bond acceptors (Lipinski definition) is 2. The number of nitrogens with zero attached hydrogens (tertiary/aromatic N) is 3. The monoisotopic (exact) mass is 557 g/mol. The van der Waals surface area contributed by atoms with Gasteiger partial charge in [0.1, 0.15) is 5.82 Å². The Balaban J connectivity index is 1.19. The van der Waals surface area contributed by atoms with Crippen molar-refractivity contribution in [3.63, 3.8) is 0 Å². The molecule has 0 aliphatic carbocycles. The maximum atomic E-state index is 5.05. The maximum absolute atomic E-state index is 5.05. The van der Waals surface area contributed by atoms with Gasteiger partial charge in [-0.05, 0) is 64.5 Å². The molecule has 4 heteroatoms. The molecule has 0 atom stereocenters. The summed E-state index contributed by atoms with van der Waals surface area (Å²) in [5.41, 5.74) is 12.1. The minimum absolute atomic E-state index is 0.0116. The third-order valence-electron chi connectivity index (χ3n) is 8.97. The molecular weight excluding hydrogens is 531 g/mol. The lowest BCUT2D eigenvalue weighted by Crippen LogP contribution is -2.24. The molecule has 5 aromatic carbocycles. The highest BCUT2D eigenvalue weighted by atomic mass is 32.1. The highest BCUT2D eigenvalue weighted by molar-refractivity contribution is 7.10. The number of imidazole rings is 1. The van der Waals surface area contributed by atoms with Crippen LogP contribution in [0.15, 0.2) is 127 Å². The quantitative estimate of drug-likeness (QED) is 0.212. The van der Waals surface area contributed by atoms with E-state index in [2.05, 4.69) is 150 Å². The molecule has 0 N–H and O–H groups in total. The van der Waals surface area contributed by atoms with Crippen LogP contribution in [0, 0.1) is 0 Å². The second-order valence-electron chi connectivity index (χ2n) is 11.7. The van der Waals surface area contributed by atoms with Crippen molar-refractivity contribution in [2.45, 2.75) is 19.3 Å². The predicted octanol–water partition coefficient (Wildman–Crippen LogP) is 10.2. The predicted molar refractivity (Wildman–Crippen MR) is 176 cm³/mol. The van der Waals surface area contributed by atoms with Crippen molar-refractivity contribution in [1.82, 2.24) is 14.1 Å². The largest absolute Gasteiger partial charge is 0.308 e. The summed E-state index contributed by atoms with van der Waals surface area (Å²) in [7, 11) is 0. The zero-order valence-electron chi connectivity index (χ0n) is 23.4. The molecule has 8 aromatic rings. The molecule has 0 bridgehead atoms. The molecule has 0 fully saturated rings. The van der Waals surface area contributed by atoms with Crippen LogP contribution in [0.3, 0.4) is 0 Å². The van der Waals surface area contributed by atoms with Gasteiger partial charge in [0.25, 0.3) is 0 Å². The number of aromatic nitrogens is 3. The summed E-state index contributed by atoms with van der Waals surface area (Å²) in [6.07, 6.45) is 0. The lowest BCUT2D eigenvalue weighted by atomic mass is 9.79. The molecule has 0 spiro atoms. The SMILES string of the molecule is CC1(C)c2sccc2-n2c3ccc(-c4ccc(-c5nc6ccccc6n5-c5ccccc5)cc4)cc3c3cccc1c32. The van der Waals surface area contributed by atoms with E-state index in [4.69, 9.17) is 4.98 Å². The van der Waals surface area contributed by atoms with E-state index in [1.54, 1.807) is 0 Å². The first-order valence-electron chi connectivity index (χ1n) is 14.4. The van der Waals surface area contributed by atoms with Crippen LogP contribution in [0.2, 0.25) is 0 Å².